The van der Waals surface area contributed by atoms with E-state index in [0.717, 1.165) is 48.1 Å². The Morgan fingerprint density at radius 1 is 1.13 bits per heavy atom. The summed E-state index contributed by atoms with van der Waals surface area (Å²) in [4.78, 5) is 4.57. The summed E-state index contributed by atoms with van der Waals surface area (Å²) in [5, 5.41) is 17.9. The van der Waals surface area contributed by atoms with Gasteiger partial charge < -0.3 is 19.5 Å². The van der Waals surface area contributed by atoms with Crippen molar-refractivity contribution in [1.29, 1.82) is 0 Å². The lowest BCUT2D eigenvalue weighted by molar-refractivity contribution is 0.0647. The number of nitrogens with one attached hydrogen (secondary N) is 1. The molecule has 172 valence electrons. The molecular formula is C24H38N4O3. The van der Waals surface area contributed by atoms with Crippen LogP contribution in [0.5, 0.6) is 11.5 Å². The number of hydrogen-bond donors (Lipinski definition) is 2. The SMILES string of the molecule is COc1ccc(CN(C)Cc2cc(C)[nH]n2)c(OCC(O)CN2CCCCCCC2)c1. The Hall–Kier alpha value is -2.09. The fourth-order valence-corrected chi connectivity index (χ4v) is 4.14. The second-order valence-corrected chi connectivity index (χ2v) is 8.72. The van der Waals surface area contributed by atoms with Gasteiger partial charge in [0.2, 0.25) is 0 Å². The molecule has 0 aliphatic carbocycles. The first kappa shape index (κ1) is 23.6. The minimum Gasteiger partial charge on any atom is -0.497 e. The Bertz CT molecular complexity index is 787. The maximum Gasteiger partial charge on any atom is 0.127 e. The van der Waals surface area contributed by atoms with E-state index in [-0.39, 0.29) is 6.61 Å². The fraction of sp³-hybridized carbons (Fsp3) is 0.625. The van der Waals surface area contributed by atoms with Crippen molar-refractivity contribution in [3.8, 4) is 11.5 Å². The van der Waals surface area contributed by atoms with E-state index in [4.69, 9.17) is 9.47 Å². The van der Waals surface area contributed by atoms with Gasteiger partial charge in [0.05, 0.1) is 12.8 Å². The highest BCUT2D eigenvalue weighted by molar-refractivity contribution is 5.40. The number of methoxy groups -OCH3 is 1. The lowest BCUT2D eigenvalue weighted by atomic mass is 10.1. The van der Waals surface area contributed by atoms with Crippen molar-refractivity contribution in [3.05, 3.63) is 41.2 Å². The molecule has 0 amide bonds. The zero-order valence-corrected chi connectivity index (χ0v) is 19.3. The van der Waals surface area contributed by atoms with Crippen LogP contribution in [0, 0.1) is 6.92 Å². The summed E-state index contributed by atoms with van der Waals surface area (Å²) in [6.07, 6.45) is 5.85. The number of aromatic amines is 1. The predicted molar refractivity (Wildman–Crippen MR) is 123 cm³/mol. The number of nitrogens with zero attached hydrogens (tertiary/aromatic N) is 3. The van der Waals surface area contributed by atoms with E-state index in [1.54, 1.807) is 7.11 Å². The highest BCUT2D eigenvalue weighted by Crippen LogP contribution is 2.26. The molecule has 1 aliphatic rings. The quantitative estimate of drug-likeness (QED) is 0.602. The van der Waals surface area contributed by atoms with Gasteiger partial charge in [-0.2, -0.15) is 5.10 Å². The van der Waals surface area contributed by atoms with Gasteiger partial charge in [0.25, 0.3) is 0 Å². The second kappa shape index (κ2) is 12.1. The third-order valence-electron chi connectivity index (χ3n) is 5.75. The summed E-state index contributed by atoms with van der Waals surface area (Å²) in [6, 6.07) is 7.95. The van der Waals surface area contributed by atoms with Crippen molar-refractivity contribution < 1.29 is 14.6 Å². The summed E-state index contributed by atoms with van der Waals surface area (Å²) in [7, 11) is 3.72. The zero-order valence-electron chi connectivity index (χ0n) is 19.3. The molecule has 2 heterocycles. The molecule has 0 radical (unpaired) electrons. The van der Waals surface area contributed by atoms with Crippen LogP contribution < -0.4 is 9.47 Å². The van der Waals surface area contributed by atoms with Crippen molar-refractivity contribution in [2.75, 3.05) is 40.4 Å². The fourth-order valence-electron chi connectivity index (χ4n) is 4.14. The average molecular weight is 431 g/mol. The molecule has 1 aromatic carbocycles. The van der Waals surface area contributed by atoms with Crippen molar-refractivity contribution in [1.82, 2.24) is 20.0 Å². The Kier molecular flexibility index (Phi) is 9.18. The number of aliphatic hydroxyl groups excluding tert-OH is 1. The number of aryl methyl sites for hydroxylation is 1. The topological polar surface area (TPSA) is 73.8 Å². The Morgan fingerprint density at radius 3 is 2.55 bits per heavy atom. The standard InChI is InChI=1S/C24H38N4O3/c1-19-13-21(26-25-19)16-27(2)15-20-9-10-23(30-3)14-24(20)31-18-22(29)17-28-11-7-5-4-6-8-12-28/h9-10,13-14,22,29H,4-8,11-12,15-18H2,1-3H3,(H,25,26). The maximum atomic E-state index is 10.6. The number of rotatable bonds is 10. The molecule has 1 aliphatic heterocycles. The largest absolute Gasteiger partial charge is 0.497 e. The van der Waals surface area contributed by atoms with E-state index in [1.165, 1.54) is 32.1 Å². The molecule has 0 bridgehead atoms. The zero-order chi connectivity index (χ0) is 22.1. The number of β-amino-alcohol motifs (C(OH)–C–C–N with tert-alkyl or cyclic N) is 1. The molecule has 0 spiro atoms. The highest BCUT2D eigenvalue weighted by Gasteiger charge is 2.16. The summed E-state index contributed by atoms with van der Waals surface area (Å²) < 4.78 is 11.5. The molecule has 7 nitrogen and oxygen atoms in total. The molecule has 2 N–H and O–H groups in total. The van der Waals surface area contributed by atoms with E-state index < -0.39 is 6.10 Å². The molecule has 0 saturated carbocycles. The smallest absolute Gasteiger partial charge is 0.127 e. The number of benzene rings is 1. The Labute approximate surface area is 186 Å². The Morgan fingerprint density at radius 2 is 1.87 bits per heavy atom. The van der Waals surface area contributed by atoms with Gasteiger partial charge in [0.15, 0.2) is 0 Å². The normalized spacial score (nSPS) is 16.7. The van der Waals surface area contributed by atoms with E-state index in [1.807, 2.05) is 25.1 Å². The molecule has 3 rings (SSSR count). The van der Waals surface area contributed by atoms with Crippen molar-refractivity contribution in [3.63, 3.8) is 0 Å². The van der Waals surface area contributed by atoms with Gasteiger partial charge in [-0.3, -0.25) is 10.00 Å². The number of aromatic nitrogens is 2. The van der Waals surface area contributed by atoms with E-state index in [0.29, 0.717) is 13.1 Å². The van der Waals surface area contributed by atoms with Gasteiger partial charge in [-0.05, 0) is 52.0 Å². The first-order valence-electron chi connectivity index (χ1n) is 11.4. The molecule has 1 fully saturated rings. The summed E-state index contributed by atoms with van der Waals surface area (Å²) in [5.74, 6) is 1.51. The van der Waals surface area contributed by atoms with E-state index in [9.17, 15) is 5.11 Å². The van der Waals surface area contributed by atoms with Gasteiger partial charge in [0.1, 0.15) is 24.2 Å². The van der Waals surface area contributed by atoms with Gasteiger partial charge in [-0.1, -0.05) is 25.3 Å². The van der Waals surface area contributed by atoms with Gasteiger partial charge in [-0.15, -0.1) is 0 Å². The first-order chi connectivity index (χ1) is 15.0. The Balaban J connectivity index is 1.57. The summed E-state index contributed by atoms with van der Waals surface area (Å²) in [5.41, 5.74) is 3.14. The van der Waals surface area contributed by atoms with Gasteiger partial charge in [-0.25, -0.2) is 0 Å². The predicted octanol–water partition coefficient (Wildman–Crippen LogP) is 3.36. The monoisotopic (exact) mass is 430 g/mol. The first-order valence-corrected chi connectivity index (χ1v) is 11.4. The van der Waals surface area contributed by atoms with Crippen molar-refractivity contribution in [2.45, 2.75) is 58.2 Å². The minimum atomic E-state index is -0.511. The highest BCUT2D eigenvalue weighted by atomic mass is 16.5. The van der Waals surface area contributed by atoms with Crippen LogP contribution in [0.1, 0.15) is 49.1 Å². The molecule has 31 heavy (non-hydrogen) atoms. The second-order valence-electron chi connectivity index (χ2n) is 8.72. The number of hydrogen-bond acceptors (Lipinski definition) is 6. The summed E-state index contributed by atoms with van der Waals surface area (Å²) >= 11 is 0. The van der Waals surface area contributed by atoms with Crippen LogP contribution in [0.25, 0.3) is 0 Å². The third-order valence-corrected chi connectivity index (χ3v) is 5.75. The van der Waals surface area contributed by atoms with Crippen LogP contribution in [0.4, 0.5) is 0 Å². The van der Waals surface area contributed by atoms with Crippen LogP contribution in [-0.2, 0) is 13.1 Å². The number of ether oxygens (including phenoxy) is 2. The average Bonchev–Trinajstić information content (AvgIpc) is 3.13. The number of aliphatic hydroxyl groups is 1. The van der Waals surface area contributed by atoms with Crippen LogP contribution in [0.15, 0.2) is 24.3 Å². The van der Waals surface area contributed by atoms with Gasteiger partial charge in [0, 0.05) is 37.0 Å². The van der Waals surface area contributed by atoms with E-state index in [2.05, 4.69) is 33.1 Å². The molecule has 1 atom stereocenters. The number of likely N-dealkylation sites (tertiary alicyclic amines) is 1. The molecule has 1 aromatic heterocycles. The number of H-pyrrole nitrogens is 1. The lowest BCUT2D eigenvalue weighted by Gasteiger charge is -2.27. The molecular weight excluding hydrogens is 392 g/mol. The molecule has 7 heteroatoms. The molecule has 2 aromatic rings. The minimum absolute atomic E-state index is 0.277. The lowest BCUT2D eigenvalue weighted by Crippen LogP contribution is -2.37. The third kappa shape index (κ3) is 7.83. The molecule has 1 unspecified atom stereocenters. The van der Waals surface area contributed by atoms with E-state index >= 15 is 0 Å². The van der Waals surface area contributed by atoms with Gasteiger partial charge >= 0.3 is 0 Å². The van der Waals surface area contributed by atoms with Crippen LogP contribution in [0.3, 0.4) is 0 Å². The van der Waals surface area contributed by atoms with Crippen LogP contribution >= 0.6 is 0 Å². The summed E-state index contributed by atoms with van der Waals surface area (Å²) in [6.45, 7) is 6.54. The van der Waals surface area contributed by atoms with Crippen LogP contribution in [-0.4, -0.2) is 71.6 Å². The maximum absolute atomic E-state index is 10.6. The van der Waals surface area contributed by atoms with Crippen LogP contribution in [0.2, 0.25) is 0 Å². The van der Waals surface area contributed by atoms with Crippen molar-refractivity contribution >= 4 is 0 Å². The van der Waals surface area contributed by atoms with Crippen molar-refractivity contribution in [2.24, 2.45) is 0 Å². The molecule has 1 saturated heterocycles.